The molecule has 1 fully saturated rings. The predicted molar refractivity (Wildman–Crippen MR) is 74.5 cm³/mol. The van der Waals surface area contributed by atoms with Crippen molar-refractivity contribution in [1.29, 1.82) is 0 Å². The minimum atomic E-state index is 0.506. The molecular weight excluding hydrogens is 220 g/mol. The summed E-state index contributed by atoms with van der Waals surface area (Å²) in [6.07, 6.45) is 11.3. The van der Waals surface area contributed by atoms with E-state index in [0.29, 0.717) is 12.1 Å². The maximum atomic E-state index is 4.59. The molecule has 1 saturated carbocycles. The first-order valence-corrected chi connectivity index (χ1v) is 7.54. The second-order valence-corrected chi connectivity index (χ2v) is 6.03. The number of nitrogens with zero attached hydrogens (tertiary/aromatic N) is 1. The average molecular weight is 244 g/mol. The highest BCUT2D eigenvalue weighted by Crippen LogP contribution is 2.32. The zero-order valence-corrected chi connectivity index (χ0v) is 11.4. The van der Waals surface area contributed by atoms with E-state index in [2.05, 4.69) is 29.4 Å². The predicted octanol–water partition coefficient (Wildman–Crippen LogP) is 3.63. The van der Waals surface area contributed by atoms with Gasteiger partial charge in [0.2, 0.25) is 0 Å². The van der Waals surface area contributed by atoms with Crippen LogP contribution in [0.4, 0.5) is 0 Å². The standard InChI is InChI=1S/C16H24N2/c1-12-6-3-2-4-8-14(12)18-15-10-9-13-7-5-11-17-16(13)15/h5,7,11-12,14-15,18H,2-4,6,8-10H2,1H3. The number of rotatable bonds is 2. The molecule has 2 nitrogen and oxygen atoms in total. The highest BCUT2D eigenvalue weighted by atomic mass is 15.0. The van der Waals surface area contributed by atoms with Crippen molar-refractivity contribution < 1.29 is 0 Å². The van der Waals surface area contributed by atoms with E-state index in [1.165, 1.54) is 56.2 Å². The second kappa shape index (κ2) is 5.40. The van der Waals surface area contributed by atoms with Crippen molar-refractivity contribution in [3.8, 4) is 0 Å². The van der Waals surface area contributed by atoms with Crippen LogP contribution in [0.2, 0.25) is 0 Å². The Labute approximate surface area is 110 Å². The molecule has 1 N–H and O–H groups in total. The molecule has 0 bridgehead atoms. The van der Waals surface area contributed by atoms with Crippen LogP contribution in [0.1, 0.15) is 62.7 Å². The first-order chi connectivity index (χ1) is 8.84. The Kier molecular flexibility index (Phi) is 3.64. The van der Waals surface area contributed by atoms with Gasteiger partial charge < -0.3 is 5.32 Å². The topological polar surface area (TPSA) is 24.9 Å². The van der Waals surface area contributed by atoms with E-state index < -0.39 is 0 Å². The van der Waals surface area contributed by atoms with Gasteiger partial charge in [-0.3, -0.25) is 4.98 Å². The zero-order valence-electron chi connectivity index (χ0n) is 11.4. The third kappa shape index (κ3) is 2.44. The van der Waals surface area contributed by atoms with E-state index in [-0.39, 0.29) is 0 Å². The molecule has 0 saturated heterocycles. The Morgan fingerprint density at radius 3 is 3.00 bits per heavy atom. The number of aromatic nitrogens is 1. The average Bonchev–Trinajstić information content (AvgIpc) is 2.69. The molecule has 0 aromatic carbocycles. The molecule has 18 heavy (non-hydrogen) atoms. The molecule has 1 heterocycles. The lowest BCUT2D eigenvalue weighted by atomic mass is 9.96. The second-order valence-electron chi connectivity index (χ2n) is 6.03. The van der Waals surface area contributed by atoms with E-state index in [1.54, 1.807) is 0 Å². The van der Waals surface area contributed by atoms with Gasteiger partial charge in [-0.1, -0.05) is 32.3 Å². The summed E-state index contributed by atoms with van der Waals surface area (Å²) >= 11 is 0. The van der Waals surface area contributed by atoms with E-state index in [1.807, 2.05) is 6.20 Å². The van der Waals surface area contributed by atoms with E-state index in [9.17, 15) is 0 Å². The fraction of sp³-hybridized carbons (Fsp3) is 0.688. The normalized spacial score (nSPS) is 31.9. The van der Waals surface area contributed by atoms with Gasteiger partial charge in [0, 0.05) is 12.2 Å². The number of hydrogen-bond acceptors (Lipinski definition) is 2. The van der Waals surface area contributed by atoms with Crippen LogP contribution in [0.15, 0.2) is 18.3 Å². The summed E-state index contributed by atoms with van der Waals surface area (Å²) in [4.78, 5) is 4.59. The van der Waals surface area contributed by atoms with Gasteiger partial charge in [-0.05, 0) is 43.2 Å². The summed E-state index contributed by atoms with van der Waals surface area (Å²) in [5.41, 5.74) is 2.77. The molecule has 0 amide bonds. The number of aryl methyl sites for hydroxylation is 1. The van der Waals surface area contributed by atoms with Crippen molar-refractivity contribution in [2.75, 3.05) is 0 Å². The highest BCUT2D eigenvalue weighted by molar-refractivity contribution is 5.28. The van der Waals surface area contributed by atoms with Gasteiger partial charge >= 0.3 is 0 Å². The smallest absolute Gasteiger partial charge is 0.0605 e. The van der Waals surface area contributed by atoms with Crippen molar-refractivity contribution in [2.45, 2.75) is 64.0 Å². The van der Waals surface area contributed by atoms with Crippen LogP contribution < -0.4 is 5.32 Å². The lowest BCUT2D eigenvalue weighted by Gasteiger charge is -2.26. The van der Waals surface area contributed by atoms with Crippen molar-refractivity contribution in [1.82, 2.24) is 10.3 Å². The van der Waals surface area contributed by atoms with E-state index >= 15 is 0 Å². The van der Waals surface area contributed by atoms with Gasteiger partial charge in [0.25, 0.3) is 0 Å². The SMILES string of the molecule is CC1CCCCCC1NC1CCc2cccnc21. The largest absolute Gasteiger partial charge is 0.306 e. The summed E-state index contributed by atoms with van der Waals surface area (Å²) in [6.45, 7) is 2.41. The number of fused-ring (bicyclic) bond motifs is 1. The summed E-state index contributed by atoms with van der Waals surface area (Å²) in [5.74, 6) is 0.820. The third-order valence-electron chi connectivity index (χ3n) is 4.74. The van der Waals surface area contributed by atoms with Crippen LogP contribution in [0.25, 0.3) is 0 Å². The van der Waals surface area contributed by atoms with Crippen molar-refractivity contribution >= 4 is 0 Å². The van der Waals surface area contributed by atoms with Crippen molar-refractivity contribution in [3.05, 3.63) is 29.6 Å². The summed E-state index contributed by atoms with van der Waals surface area (Å²) in [5, 5.41) is 3.90. The monoisotopic (exact) mass is 244 g/mol. The first kappa shape index (κ1) is 12.2. The molecule has 2 aliphatic carbocycles. The Morgan fingerprint density at radius 2 is 2.06 bits per heavy atom. The molecule has 3 rings (SSSR count). The minimum Gasteiger partial charge on any atom is -0.306 e. The number of nitrogens with one attached hydrogen (secondary N) is 1. The highest BCUT2D eigenvalue weighted by Gasteiger charge is 2.28. The maximum absolute atomic E-state index is 4.59. The van der Waals surface area contributed by atoms with Gasteiger partial charge in [0.1, 0.15) is 0 Å². The maximum Gasteiger partial charge on any atom is 0.0605 e. The Bertz CT molecular complexity index is 402. The lowest BCUT2D eigenvalue weighted by Crippen LogP contribution is -2.36. The van der Waals surface area contributed by atoms with Crippen LogP contribution in [0.3, 0.4) is 0 Å². The number of pyridine rings is 1. The molecule has 0 spiro atoms. The molecule has 1 aromatic rings. The van der Waals surface area contributed by atoms with Gasteiger partial charge in [0.05, 0.1) is 11.7 Å². The van der Waals surface area contributed by atoms with E-state index in [4.69, 9.17) is 0 Å². The van der Waals surface area contributed by atoms with Gasteiger partial charge in [-0.2, -0.15) is 0 Å². The molecule has 1 aromatic heterocycles. The number of hydrogen-bond donors (Lipinski definition) is 1. The third-order valence-corrected chi connectivity index (χ3v) is 4.74. The lowest BCUT2D eigenvalue weighted by molar-refractivity contribution is 0.319. The zero-order chi connectivity index (χ0) is 12.4. The fourth-order valence-corrected chi connectivity index (χ4v) is 3.57. The molecule has 98 valence electrons. The molecule has 3 unspecified atom stereocenters. The van der Waals surface area contributed by atoms with E-state index in [0.717, 1.165) is 5.92 Å². The van der Waals surface area contributed by atoms with Crippen LogP contribution >= 0.6 is 0 Å². The quantitative estimate of drug-likeness (QED) is 0.804. The summed E-state index contributed by atoms with van der Waals surface area (Å²) in [7, 11) is 0. The fourth-order valence-electron chi connectivity index (χ4n) is 3.57. The molecule has 3 atom stereocenters. The molecule has 2 aliphatic rings. The molecule has 0 radical (unpaired) electrons. The van der Waals surface area contributed by atoms with Gasteiger partial charge in [0.15, 0.2) is 0 Å². The van der Waals surface area contributed by atoms with Crippen LogP contribution in [0, 0.1) is 5.92 Å². The summed E-state index contributed by atoms with van der Waals surface area (Å²) in [6, 6.07) is 5.51. The first-order valence-electron chi connectivity index (χ1n) is 7.54. The Hall–Kier alpha value is -0.890. The Balaban J connectivity index is 1.70. The van der Waals surface area contributed by atoms with Crippen LogP contribution in [0.5, 0.6) is 0 Å². The summed E-state index contributed by atoms with van der Waals surface area (Å²) < 4.78 is 0. The molecular formula is C16H24N2. The van der Waals surface area contributed by atoms with Gasteiger partial charge in [-0.15, -0.1) is 0 Å². The van der Waals surface area contributed by atoms with Crippen LogP contribution in [-0.2, 0) is 6.42 Å². The molecule has 2 heteroatoms. The van der Waals surface area contributed by atoms with Gasteiger partial charge in [-0.25, -0.2) is 0 Å². The van der Waals surface area contributed by atoms with Crippen molar-refractivity contribution in [3.63, 3.8) is 0 Å². The Morgan fingerprint density at radius 1 is 1.17 bits per heavy atom. The van der Waals surface area contributed by atoms with Crippen LogP contribution in [-0.4, -0.2) is 11.0 Å². The molecule has 0 aliphatic heterocycles. The van der Waals surface area contributed by atoms with Crippen molar-refractivity contribution in [2.24, 2.45) is 5.92 Å². The minimum absolute atomic E-state index is 0.506.